The van der Waals surface area contributed by atoms with Crippen molar-refractivity contribution in [2.45, 2.75) is 37.7 Å². The molecular weight excluding hydrogens is 271 g/mol. The van der Waals surface area contributed by atoms with Crippen molar-refractivity contribution in [3.05, 3.63) is 35.4 Å². The van der Waals surface area contributed by atoms with Crippen molar-refractivity contribution in [3.8, 4) is 0 Å². The molecule has 2 N–H and O–H groups in total. The van der Waals surface area contributed by atoms with Crippen LogP contribution in [0.3, 0.4) is 0 Å². The zero-order chi connectivity index (χ0) is 14.8. The number of halogens is 3. The van der Waals surface area contributed by atoms with Gasteiger partial charge in [0, 0.05) is 12.1 Å². The summed E-state index contributed by atoms with van der Waals surface area (Å²) in [6, 6.07) is 4.85. The highest BCUT2D eigenvalue weighted by molar-refractivity contribution is 5.26. The lowest BCUT2D eigenvalue weighted by Crippen LogP contribution is -2.47. The summed E-state index contributed by atoms with van der Waals surface area (Å²) in [6.07, 6.45) is -4.74. The molecule has 6 heteroatoms. The Hall–Kier alpha value is -1.11. The van der Waals surface area contributed by atoms with E-state index in [9.17, 15) is 18.3 Å². The van der Waals surface area contributed by atoms with Gasteiger partial charge in [0.1, 0.15) is 0 Å². The molecule has 1 aliphatic rings. The summed E-state index contributed by atoms with van der Waals surface area (Å²) in [5.74, 6) is 0. The van der Waals surface area contributed by atoms with Gasteiger partial charge >= 0.3 is 6.18 Å². The van der Waals surface area contributed by atoms with Gasteiger partial charge in [-0.25, -0.2) is 0 Å². The molecule has 1 aromatic carbocycles. The van der Waals surface area contributed by atoms with E-state index in [0.29, 0.717) is 25.2 Å². The summed E-state index contributed by atoms with van der Waals surface area (Å²) in [5.41, 5.74) is -0.223. The van der Waals surface area contributed by atoms with E-state index in [1.165, 1.54) is 12.1 Å². The Labute approximate surface area is 115 Å². The van der Waals surface area contributed by atoms with Crippen LogP contribution in [-0.2, 0) is 10.9 Å². The van der Waals surface area contributed by atoms with Gasteiger partial charge in [0.05, 0.1) is 24.9 Å². The van der Waals surface area contributed by atoms with Crippen LogP contribution < -0.4 is 5.32 Å². The largest absolute Gasteiger partial charge is 0.416 e. The van der Waals surface area contributed by atoms with Gasteiger partial charge in [0.2, 0.25) is 0 Å². The normalized spacial score (nSPS) is 25.4. The summed E-state index contributed by atoms with van der Waals surface area (Å²) >= 11 is 0. The molecule has 2 rings (SSSR count). The monoisotopic (exact) mass is 289 g/mol. The second-order valence-electron chi connectivity index (χ2n) is 5.17. The molecule has 112 valence electrons. The lowest BCUT2D eigenvalue weighted by molar-refractivity contribution is -0.137. The molecule has 1 heterocycles. The molecule has 3 unspecified atom stereocenters. The molecule has 1 saturated heterocycles. The van der Waals surface area contributed by atoms with Gasteiger partial charge in [-0.15, -0.1) is 0 Å². The third-order valence-electron chi connectivity index (χ3n) is 3.34. The molecule has 3 nitrogen and oxygen atoms in total. The third kappa shape index (κ3) is 3.94. The Morgan fingerprint density at radius 1 is 1.30 bits per heavy atom. The Balaban J connectivity index is 1.97. The van der Waals surface area contributed by atoms with E-state index in [1.807, 2.05) is 6.92 Å². The first kappa shape index (κ1) is 15.3. The van der Waals surface area contributed by atoms with E-state index in [4.69, 9.17) is 4.74 Å². The Kier molecular flexibility index (Phi) is 4.67. The number of morpholine rings is 1. The van der Waals surface area contributed by atoms with E-state index in [1.54, 1.807) is 0 Å². The van der Waals surface area contributed by atoms with Gasteiger partial charge in [0.25, 0.3) is 0 Å². The molecule has 1 fully saturated rings. The van der Waals surface area contributed by atoms with Crippen molar-refractivity contribution in [2.75, 3.05) is 13.2 Å². The number of benzene rings is 1. The van der Waals surface area contributed by atoms with Gasteiger partial charge in [-0.1, -0.05) is 12.1 Å². The zero-order valence-electron chi connectivity index (χ0n) is 11.2. The van der Waals surface area contributed by atoms with E-state index < -0.39 is 17.8 Å². The molecule has 0 saturated carbocycles. The molecule has 20 heavy (non-hydrogen) atoms. The first-order valence-corrected chi connectivity index (χ1v) is 6.55. The maximum Gasteiger partial charge on any atom is 0.416 e. The van der Waals surface area contributed by atoms with E-state index in [2.05, 4.69) is 5.32 Å². The number of hydrogen-bond acceptors (Lipinski definition) is 3. The Morgan fingerprint density at radius 3 is 2.50 bits per heavy atom. The predicted molar refractivity (Wildman–Crippen MR) is 68.2 cm³/mol. The van der Waals surface area contributed by atoms with Gasteiger partial charge in [-0.3, -0.25) is 0 Å². The van der Waals surface area contributed by atoms with Crippen molar-refractivity contribution >= 4 is 0 Å². The summed E-state index contributed by atoms with van der Waals surface area (Å²) < 4.78 is 42.7. The van der Waals surface area contributed by atoms with Gasteiger partial charge in [-0.2, -0.15) is 13.2 Å². The molecule has 0 bridgehead atoms. The van der Waals surface area contributed by atoms with Crippen molar-refractivity contribution in [2.24, 2.45) is 0 Å². The number of hydrogen-bond donors (Lipinski definition) is 2. The number of aliphatic hydroxyl groups excluding tert-OH is 1. The summed E-state index contributed by atoms with van der Waals surface area (Å²) in [7, 11) is 0. The minimum atomic E-state index is -4.35. The van der Waals surface area contributed by atoms with Crippen LogP contribution in [0.15, 0.2) is 24.3 Å². The van der Waals surface area contributed by atoms with Crippen LogP contribution in [0.4, 0.5) is 13.2 Å². The number of rotatable bonds is 3. The minimum absolute atomic E-state index is 0.0102. The van der Waals surface area contributed by atoms with Crippen LogP contribution in [0.5, 0.6) is 0 Å². The number of ether oxygens (including phenoxy) is 1. The van der Waals surface area contributed by atoms with Crippen LogP contribution in [0.25, 0.3) is 0 Å². The van der Waals surface area contributed by atoms with E-state index in [-0.39, 0.29) is 12.1 Å². The number of aliphatic hydroxyl groups is 1. The molecule has 0 spiro atoms. The highest BCUT2D eigenvalue weighted by Gasteiger charge is 2.30. The molecule has 1 aromatic rings. The van der Waals surface area contributed by atoms with Gasteiger partial charge in [-0.05, 0) is 31.0 Å². The number of alkyl halides is 3. The summed E-state index contributed by atoms with van der Waals surface area (Å²) in [4.78, 5) is 0. The smallest absolute Gasteiger partial charge is 0.388 e. The molecule has 1 aliphatic heterocycles. The molecule has 0 amide bonds. The Bertz CT molecular complexity index is 433. The van der Waals surface area contributed by atoms with Crippen LogP contribution in [-0.4, -0.2) is 30.4 Å². The van der Waals surface area contributed by atoms with E-state index >= 15 is 0 Å². The minimum Gasteiger partial charge on any atom is -0.388 e. The van der Waals surface area contributed by atoms with Crippen LogP contribution in [0.2, 0.25) is 0 Å². The van der Waals surface area contributed by atoms with Crippen molar-refractivity contribution < 1.29 is 23.0 Å². The fourth-order valence-electron chi connectivity index (χ4n) is 2.32. The third-order valence-corrected chi connectivity index (χ3v) is 3.34. The van der Waals surface area contributed by atoms with Crippen molar-refractivity contribution in [1.29, 1.82) is 0 Å². The lowest BCUT2D eigenvalue weighted by Gasteiger charge is -2.30. The highest BCUT2D eigenvalue weighted by Crippen LogP contribution is 2.30. The zero-order valence-corrected chi connectivity index (χ0v) is 11.2. The molecule has 3 atom stereocenters. The second kappa shape index (κ2) is 6.11. The first-order valence-electron chi connectivity index (χ1n) is 6.55. The topological polar surface area (TPSA) is 41.5 Å². The lowest BCUT2D eigenvalue weighted by atomic mass is 10.00. The Morgan fingerprint density at radius 2 is 1.95 bits per heavy atom. The summed E-state index contributed by atoms with van der Waals surface area (Å²) in [5, 5.41) is 13.4. The van der Waals surface area contributed by atoms with Crippen molar-refractivity contribution in [1.82, 2.24) is 5.32 Å². The molecular formula is C14H18F3NO2. The SMILES string of the molecule is CC1COCC(CC(O)c2ccc(C(F)(F)F)cc2)N1. The maximum absolute atomic E-state index is 12.4. The molecule has 0 aliphatic carbocycles. The van der Waals surface area contributed by atoms with Crippen molar-refractivity contribution in [3.63, 3.8) is 0 Å². The second-order valence-corrected chi connectivity index (χ2v) is 5.17. The highest BCUT2D eigenvalue weighted by atomic mass is 19.4. The predicted octanol–water partition coefficient (Wildman–Crippen LogP) is 2.51. The average molecular weight is 289 g/mol. The van der Waals surface area contributed by atoms with Crippen LogP contribution in [0, 0.1) is 0 Å². The molecule has 0 radical (unpaired) electrons. The first-order chi connectivity index (χ1) is 9.36. The van der Waals surface area contributed by atoms with Crippen LogP contribution >= 0.6 is 0 Å². The fourth-order valence-corrected chi connectivity index (χ4v) is 2.32. The van der Waals surface area contributed by atoms with E-state index in [0.717, 1.165) is 12.1 Å². The maximum atomic E-state index is 12.4. The summed E-state index contributed by atoms with van der Waals surface area (Å²) in [6.45, 7) is 3.12. The quantitative estimate of drug-likeness (QED) is 0.898. The van der Waals surface area contributed by atoms with Gasteiger partial charge < -0.3 is 15.2 Å². The van der Waals surface area contributed by atoms with Crippen LogP contribution in [0.1, 0.15) is 30.6 Å². The van der Waals surface area contributed by atoms with Gasteiger partial charge in [0.15, 0.2) is 0 Å². The molecule has 0 aromatic heterocycles. The standard InChI is InChI=1S/C14H18F3NO2/c1-9-7-20-8-12(18-9)6-13(19)10-2-4-11(5-3-10)14(15,16)17/h2-5,9,12-13,18-19H,6-8H2,1H3. The number of nitrogens with one attached hydrogen (secondary N) is 1. The average Bonchev–Trinajstić information content (AvgIpc) is 2.38. The fraction of sp³-hybridized carbons (Fsp3) is 0.571.